The fraction of sp³-hybridized carbons (Fsp3) is 0.667. The summed E-state index contributed by atoms with van der Waals surface area (Å²) in [6, 6.07) is -0.417. The number of allylic oxidation sites excluding steroid dienone is 1. The van der Waals surface area contributed by atoms with Gasteiger partial charge in [0.15, 0.2) is 0 Å². The van der Waals surface area contributed by atoms with Crippen LogP contribution in [-0.4, -0.2) is 11.9 Å². The SMILES string of the molecule is CCCCCCCC/C=C1/NC(=O)NC1=O. The van der Waals surface area contributed by atoms with Gasteiger partial charge in [-0.05, 0) is 12.8 Å². The summed E-state index contributed by atoms with van der Waals surface area (Å²) in [6.45, 7) is 2.20. The second kappa shape index (κ2) is 7.04. The Labute approximate surface area is 96.5 Å². The summed E-state index contributed by atoms with van der Waals surface area (Å²) in [7, 11) is 0. The van der Waals surface area contributed by atoms with Crippen LogP contribution in [0.2, 0.25) is 0 Å². The van der Waals surface area contributed by atoms with Crippen molar-refractivity contribution in [2.45, 2.75) is 51.9 Å². The Balaban J connectivity index is 2.08. The molecule has 90 valence electrons. The van der Waals surface area contributed by atoms with E-state index < -0.39 is 6.03 Å². The van der Waals surface area contributed by atoms with Crippen molar-refractivity contribution >= 4 is 11.9 Å². The number of amides is 3. The van der Waals surface area contributed by atoms with Gasteiger partial charge in [-0.15, -0.1) is 0 Å². The van der Waals surface area contributed by atoms with Crippen molar-refractivity contribution in [3.05, 3.63) is 11.8 Å². The van der Waals surface area contributed by atoms with Gasteiger partial charge in [-0.1, -0.05) is 45.1 Å². The quantitative estimate of drug-likeness (QED) is 0.396. The first kappa shape index (κ1) is 12.7. The van der Waals surface area contributed by atoms with E-state index in [0.29, 0.717) is 5.70 Å². The third kappa shape index (κ3) is 4.47. The largest absolute Gasteiger partial charge is 0.326 e. The summed E-state index contributed by atoms with van der Waals surface area (Å²) in [5, 5.41) is 4.65. The van der Waals surface area contributed by atoms with Crippen LogP contribution in [0, 0.1) is 0 Å². The lowest BCUT2D eigenvalue weighted by molar-refractivity contribution is -0.115. The molecule has 2 N–H and O–H groups in total. The normalized spacial score (nSPS) is 17.7. The Morgan fingerprint density at radius 1 is 1.00 bits per heavy atom. The molecule has 0 atom stereocenters. The predicted molar refractivity (Wildman–Crippen MR) is 62.8 cm³/mol. The van der Waals surface area contributed by atoms with Crippen molar-refractivity contribution < 1.29 is 9.59 Å². The minimum absolute atomic E-state index is 0.309. The highest BCUT2D eigenvalue weighted by molar-refractivity contribution is 6.11. The summed E-state index contributed by atoms with van der Waals surface area (Å²) in [4.78, 5) is 21.9. The van der Waals surface area contributed by atoms with Crippen molar-refractivity contribution in [2.24, 2.45) is 0 Å². The number of urea groups is 1. The highest BCUT2D eigenvalue weighted by Gasteiger charge is 2.21. The van der Waals surface area contributed by atoms with Crippen LogP contribution in [0.3, 0.4) is 0 Å². The van der Waals surface area contributed by atoms with E-state index in [4.69, 9.17) is 0 Å². The van der Waals surface area contributed by atoms with E-state index >= 15 is 0 Å². The first-order valence-electron chi connectivity index (χ1n) is 6.06. The maximum Gasteiger partial charge on any atom is 0.326 e. The van der Waals surface area contributed by atoms with Crippen LogP contribution >= 0.6 is 0 Å². The van der Waals surface area contributed by atoms with Crippen LogP contribution < -0.4 is 10.6 Å². The van der Waals surface area contributed by atoms with E-state index in [1.807, 2.05) is 0 Å². The number of unbranched alkanes of at least 4 members (excludes halogenated alkanes) is 6. The molecule has 16 heavy (non-hydrogen) atoms. The van der Waals surface area contributed by atoms with Crippen LogP contribution in [0.1, 0.15) is 51.9 Å². The van der Waals surface area contributed by atoms with E-state index in [1.54, 1.807) is 6.08 Å². The van der Waals surface area contributed by atoms with Crippen LogP contribution in [0.5, 0.6) is 0 Å². The molecular formula is C12H20N2O2. The number of hydrogen-bond acceptors (Lipinski definition) is 2. The molecular weight excluding hydrogens is 204 g/mol. The Bertz CT molecular complexity index is 285. The van der Waals surface area contributed by atoms with E-state index in [0.717, 1.165) is 12.8 Å². The molecule has 0 aromatic carbocycles. The molecule has 1 rings (SSSR count). The van der Waals surface area contributed by atoms with Gasteiger partial charge in [-0.3, -0.25) is 10.1 Å². The molecule has 1 fully saturated rings. The number of carbonyl (C=O) groups excluding carboxylic acids is 2. The number of imide groups is 1. The predicted octanol–water partition coefficient (Wildman–Crippen LogP) is 2.46. The first-order chi connectivity index (χ1) is 7.74. The molecule has 0 aliphatic carbocycles. The lowest BCUT2D eigenvalue weighted by Gasteiger charge is -1.98. The van der Waals surface area contributed by atoms with Gasteiger partial charge in [-0.2, -0.15) is 0 Å². The summed E-state index contributed by atoms with van der Waals surface area (Å²) in [6.07, 6.45) is 10.1. The minimum Gasteiger partial charge on any atom is -0.303 e. The zero-order valence-corrected chi connectivity index (χ0v) is 9.84. The van der Waals surface area contributed by atoms with Crippen LogP contribution in [0.4, 0.5) is 4.79 Å². The van der Waals surface area contributed by atoms with Gasteiger partial charge in [0.1, 0.15) is 5.70 Å². The smallest absolute Gasteiger partial charge is 0.303 e. The van der Waals surface area contributed by atoms with Crippen LogP contribution in [-0.2, 0) is 4.79 Å². The molecule has 0 bridgehead atoms. The summed E-state index contributed by atoms with van der Waals surface area (Å²) < 4.78 is 0. The molecule has 3 amide bonds. The van der Waals surface area contributed by atoms with Crippen molar-refractivity contribution in [2.75, 3.05) is 0 Å². The van der Waals surface area contributed by atoms with E-state index in [-0.39, 0.29) is 5.91 Å². The summed E-state index contributed by atoms with van der Waals surface area (Å²) in [5.74, 6) is -0.309. The maximum absolute atomic E-state index is 11.1. The topological polar surface area (TPSA) is 58.2 Å². The monoisotopic (exact) mass is 224 g/mol. The molecule has 0 spiro atoms. The number of carbonyl (C=O) groups is 2. The Morgan fingerprint density at radius 2 is 1.69 bits per heavy atom. The first-order valence-corrected chi connectivity index (χ1v) is 6.06. The second-order valence-electron chi connectivity index (χ2n) is 4.08. The Hall–Kier alpha value is -1.32. The van der Waals surface area contributed by atoms with Gasteiger partial charge < -0.3 is 5.32 Å². The minimum atomic E-state index is -0.417. The fourth-order valence-corrected chi connectivity index (χ4v) is 1.70. The lowest BCUT2D eigenvalue weighted by atomic mass is 10.1. The molecule has 0 saturated carbocycles. The van der Waals surface area contributed by atoms with Crippen molar-refractivity contribution in [1.29, 1.82) is 0 Å². The van der Waals surface area contributed by atoms with Gasteiger partial charge >= 0.3 is 6.03 Å². The van der Waals surface area contributed by atoms with Gasteiger partial charge in [0, 0.05) is 0 Å². The Kier molecular flexibility index (Phi) is 5.61. The van der Waals surface area contributed by atoms with Gasteiger partial charge in [0.05, 0.1) is 0 Å². The van der Waals surface area contributed by atoms with Crippen LogP contribution in [0.25, 0.3) is 0 Å². The van der Waals surface area contributed by atoms with Gasteiger partial charge in [-0.25, -0.2) is 4.79 Å². The van der Waals surface area contributed by atoms with Gasteiger partial charge in [0.2, 0.25) is 0 Å². The number of nitrogens with one attached hydrogen (secondary N) is 2. The number of rotatable bonds is 7. The van der Waals surface area contributed by atoms with Crippen molar-refractivity contribution in [1.82, 2.24) is 10.6 Å². The molecule has 1 saturated heterocycles. The van der Waals surface area contributed by atoms with E-state index in [9.17, 15) is 9.59 Å². The lowest BCUT2D eigenvalue weighted by Crippen LogP contribution is -2.22. The van der Waals surface area contributed by atoms with E-state index in [1.165, 1.54) is 32.1 Å². The highest BCUT2D eigenvalue weighted by Crippen LogP contribution is 2.08. The third-order valence-electron chi connectivity index (χ3n) is 2.63. The molecule has 0 unspecified atom stereocenters. The van der Waals surface area contributed by atoms with Crippen molar-refractivity contribution in [3.8, 4) is 0 Å². The molecule has 4 nitrogen and oxygen atoms in total. The number of hydrogen-bond donors (Lipinski definition) is 2. The molecule has 0 aromatic heterocycles. The molecule has 1 aliphatic rings. The van der Waals surface area contributed by atoms with Gasteiger partial charge in [0.25, 0.3) is 5.91 Å². The highest BCUT2D eigenvalue weighted by atomic mass is 16.2. The van der Waals surface area contributed by atoms with Crippen molar-refractivity contribution in [3.63, 3.8) is 0 Å². The second-order valence-corrected chi connectivity index (χ2v) is 4.08. The average Bonchev–Trinajstić information content (AvgIpc) is 2.56. The Morgan fingerprint density at radius 3 is 2.31 bits per heavy atom. The molecule has 0 radical (unpaired) electrons. The molecule has 0 aromatic rings. The molecule has 1 heterocycles. The van der Waals surface area contributed by atoms with E-state index in [2.05, 4.69) is 17.6 Å². The summed E-state index contributed by atoms with van der Waals surface area (Å²) >= 11 is 0. The zero-order valence-electron chi connectivity index (χ0n) is 9.84. The van der Waals surface area contributed by atoms with Crippen LogP contribution in [0.15, 0.2) is 11.8 Å². The third-order valence-corrected chi connectivity index (χ3v) is 2.63. The average molecular weight is 224 g/mol. The zero-order chi connectivity index (χ0) is 11.8. The molecule has 4 heteroatoms. The standard InChI is InChI=1S/C12H20N2O2/c1-2-3-4-5-6-7-8-9-10-11(15)14-12(16)13-10/h9H,2-8H2,1H3,(H2,13,14,15,16)/b10-9+. The fourth-order valence-electron chi connectivity index (χ4n) is 1.70. The molecule has 1 aliphatic heterocycles. The maximum atomic E-state index is 11.1. The summed E-state index contributed by atoms with van der Waals surface area (Å²) in [5.41, 5.74) is 0.401.